The summed E-state index contributed by atoms with van der Waals surface area (Å²) in [5.41, 5.74) is 0.967. The van der Waals surface area contributed by atoms with Gasteiger partial charge in [-0.1, -0.05) is 18.2 Å². The third-order valence-corrected chi connectivity index (χ3v) is 9.00. The Labute approximate surface area is 168 Å². The molecule has 9 heteroatoms. The van der Waals surface area contributed by atoms with Crippen LogP contribution in [0.15, 0.2) is 24.3 Å². The summed E-state index contributed by atoms with van der Waals surface area (Å²) < 4.78 is 57.2. The molecule has 2 heterocycles. The number of rotatable bonds is 8. The number of methoxy groups -OCH3 is 1. The standard InChI is InChI=1S/C19H30N2O5S2/c1-26-19-9-3-2-8-17(19)18(21-10-4-5-11-21)13-20-28(24,25)15-16-7-6-12-27(22,23)14-16/h2-3,8-9,16,18,20H,4-7,10-15H2,1H3/t16-,18-/m0/s1. The van der Waals surface area contributed by atoms with Gasteiger partial charge in [-0.2, -0.15) is 0 Å². The van der Waals surface area contributed by atoms with E-state index < -0.39 is 19.9 Å². The lowest BCUT2D eigenvalue weighted by Crippen LogP contribution is -2.40. The highest BCUT2D eigenvalue weighted by Crippen LogP contribution is 2.31. The first-order valence-corrected chi connectivity index (χ1v) is 13.3. The Morgan fingerprint density at radius 2 is 1.93 bits per heavy atom. The summed E-state index contributed by atoms with van der Waals surface area (Å²) >= 11 is 0. The van der Waals surface area contributed by atoms with Crippen molar-refractivity contribution in [1.82, 2.24) is 9.62 Å². The molecule has 0 unspecified atom stereocenters. The van der Waals surface area contributed by atoms with Crippen LogP contribution in [0.25, 0.3) is 0 Å². The van der Waals surface area contributed by atoms with Crippen LogP contribution in [0.2, 0.25) is 0 Å². The van der Waals surface area contributed by atoms with Crippen molar-refractivity contribution in [2.75, 3.05) is 44.0 Å². The minimum atomic E-state index is -3.57. The quantitative estimate of drug-likeness (QED) is 0.673. The Morgan fingerprint density at radius 1 is 1.21 bits per heavy atom. The lowest BCUT2D eigenvalue weighted by Gasteiger charge is -2.29. The second kappa shape index (κ2) is 9.11. The van der Waals surface area contributed by atoms with Crippen LogP contribution in [-0.2, 0) is 19.9 Å². The van der Waals surface area contributed by atoms with E-state index >= 15 is 0 Å². The van der Waals surface area contributed by atoms with Crippen molar-refractivity contribution in [1.29, 1.82) is 0 Å². The van der Waals surface area contributed by atoms with Gasteiger partial charge in [0.2, 0.25) is 10.0 Å². The number of nitrogens with zero attached hydrogens (tertiary/aromatic N) is 1. The zero-order chi connectivity index (χ0) is 20.2. The zero-order valence-corrected chi connectivity index (χ0v) is 18.0. The van der Waals surface area contributed by atoms with Gasteiger partial charge >= 0.3 is 0 Å². The number of ether oxygens (including phenoxy) is 1. The summed E-state index contributed by atoms with van der Waals surface area (Å²) in [6.45, 7) is 2.10. The largest absolute Gasteiger partial charge is 0.496 e. The minimum absolute atomic E-state index is 0.0318. The highest BCUT2D eigenvalue weighted by Gasteiger charge is 2.31. The van der Waals surface area contributed by atoms with Crippen LogP contribution in [0.3, 0.4) is 0 Å². The SMILES string of the molecule is COc1ccccc1[C@H](CNS(=O)(=O)C[C@H]1CCCS(=O)(=O)C1)N1CCCC1. The minimum Gasteiger partial charge on any atom is -0.496 e. The molecule has 2 saturated heterocycles. The van der Waals surface area contributed by atoms with Crippen molar-refractivity contribution >= 4 is 19.9 Å². The molecule has 0 aliphatic carbocycles. The van der Waals surface area contributed by atoms with Crippen LogP contribution in [0, 0.1) is 5.92 Å². The zero-order valence-electron chi connectivity index (χ0n) is 16.3. The number of benzene rings is 1. The molecule has 1 aromatic rings. The van der Waals surface area contributed by atoms with Gasteiger partial charge in [-0.15, -0.1) is 0 Å². The molecular weight excluding hydrogens is 400 g/mol. The van der Waals surface area contributed by atoms with Gasteiger partial charge in [0.05, 0.1) is 30.4 Å². The number of para-hydroxylation sites is 1. The van der Waals surface area contributed by atoms with Crippen LogP contribution < -0.4 is 9.46 Å². The lowest BCUT2D eigenvalue weighted by molar-refractivity contribution is 0.240. The van der Waals surface area contributed by atoms with Crippen molar-refractivity contribution in [2.45, 2.75) is 31.7 Å². The van der Waals surface area contributed by atoms with Crippen LogP contribution in [0.5, 0.6) is 5.75 Å². The van der Waals surface area contributed by atoms with E-state index in [-0.39, 0.29) is 35.8 Å². The fourth-order valence-corrected chi connectivity index (χ4v) is 7.61. The van der Waals surface area contributed by atoms with Gasteiger partial charge in [-0.3, -0.25) is 4.90 Å². The normalized spacial score (nSPS) is 24.1. The van der Waals surface area contributed by atoms with Crippen molar-refractivity contribution in [3.63, 3.8) is 0 Å². The Balaban J connectivity index is 1.70. The summed E-state index contributed by atoms with van der Waals surface area (Å²) in [5.74, 6) is 0.424. The third-order valence-electron chi connectivity index (χ3n) is 5.59. The van der Waals surface area contributed by atoms with E-state index in [1.807, 2.05) is 24.3 Å². The molecule has 0 amide bonds. The second-order valence-corrected chi connectivity index (χ2v) is 11.8. The molecule has 1 aromatic carbocycles. The van der Waals surface area contributed by atoms with Crippen molar-refractivity contribution in [3.05, 3.63) is 29.8 Å². The van der Waals surface area contributed by atoms with Crippen LogP contribution in [-0.4, -0.2) is 65.7 Å². The summed E-state index contributed by atoms with van der Waals surface area (Å²) in [7, 11) is -5.06. The van der Waals surface area contributed by atoms with E-state index in [9.17, 15) is 16.8 Å². The van der Waals surface area contributed by atoms with Gasteiger partial charge in [0, 0.05) is 12.1 Å². The Hall–Kier alpha value is -1.16. The summed E-state index contributed by atoms with van der Waals surface area (Å²) in [6, 6.07) is 7.59. The predicted octanol–water partition coefficient (Wildman–Crippen LogP) is 1.58. The first-order chi connectivity index (χ1) is 13.3. The first-order valence-electron chi connectivity index (χ1n) is 9.84. The fraction of sp³-hybridized carbons (Fsp3) is 0.684. The van der Waals surface area contributed by atoms with E-state index in [0.717, 1.165) is 37.2 Å². The first kappa shape index (κ1) is 21.5. The molecule has 3 rings (SSSR count). The molecule has 2 aliphatic heterocycles. The van der Waals surface area contributed by atoms with E-state index in [2.05, 4.69) is 9.62 Å². The van der Waals surface area contributed by atoms with E-state index in [4.69, 9.17) is 4.74 Å². The maximum absolute atomic E-state index is 12.7. The highest BCUT2D eigenvalue weighted by atomic mass is 32.2. The molecule has 2 aliphatic rings. The fourth-order valence-electron chi connectivity index (χ4n) is 4.26. The summed E-state index contributed by atoms with van der Waals surface area (Å²) in [6.07, 6.45) is 3.37. The molecule has 7 nitrogen and oxygen atoms in total. The molecule has 0 aromatic heterocycles. The van der Waals surface area contributed by atoms with Gasteiger partial charge in [0.25, 0.3) is 0 Å². The van der Waals surface area contributed by atoms with Crippen molar-refractivity contribution < 1.29 is 21.6 Å². The number of sulfonamides is 1. The number of likely N-dealkylation sites (tertiary alicyclic amines) is 1. The molecule has 2 fully saturated rings. The molecule has 1 N–H and O–H groups in total. The monoisotopic (exact) mass is 430 g/mol. The third kappa shape index (κ3) is 5.68. The van der Waals surface area contributed by atoms with Gasteiger partial charge in [0.15, 0.2) is 9.84 Å². The Kier molecular flexibility index (Phi) is 7.01. The highest BCUT2D eigenvalue weighted by molar-refractivity contribution is 7.91. The topological polar surface area (TPSA) is 92.8 Å². The van der Waals surface area contributed by atoms with Gasteiger partial charge in [-0.25, -0.2) is 21.6 Å². The molecule has 0 spiro atoms. The summed E-state index contributed by atoms with van der Waals surface area (Å²) in [4.78, 5) is 2.28. The van der Waals surface area contributed by atoms with Crippen molar-refractivity contribution in [3.8, 4) is 5.75 Å². The smallest absolute Gasteiger partial charge is 0.211 e. The molecule has 0 saturated carbocycles. The van der Waals surface area contributed by atoms with Crippen molar-refractivity contribution in [2.24, 2.45) is 5.92 Å². The van der Waals surface area contributed by atoms with Gasteiger partial charge in [-0.05, 0) is 50.8 Å². The molecule has 158 valence electrons. The predicted molar refractivity (Wildman–Crippen MR) is 110 cm³/mol. The van der Waals surface area contributed by atoms with E-state index in [0.29, 0.717) is 12.8 Å². The maximum atomic E-state index is 12.7. The molecular formula is C19H30N2O5S2. The molecule has 28 heavy (non-hydrogen) atoms. The Morgan fingerprint density at radius 3 is 2.61 bits per heavy atom. The average Bonchev–Trinajstić information content (AvgIpc) is 3.15. The lowest BCUT2D eigenvalue weighted by atomic mass is 10.0. The van der Waals surface area contributed by atoms with E-state index in [1.54, 1.807) is 7.11 Å². The summed E-state index contributed by atoms with van der Waals surface area (Å²) in [5, 5.41) is 0. The van der Waals surface area contributed by atoms with Gasteiger partial charge in [0.1, 0.15) is 5.75 Å². The number of hydrogen-bond acceptors (Lipinski definition) is 6. The maximum Gasteiger partial charge on any atom is 0.211 e. The van der Waals surface area contributed by atoms with E-state index in [1.165, 1.54) is 0 Å². The Bertz CT molecular complexity index is 864. The second-order valence-electron chi connectivity index (χ2n) is 7.75. The average molecular weight is 431 g/mol. The van der Waals surface area contributed by atoms with Crippen LogP contribution >= 0.6 is 0 Å². The number of nitrogens with one attached hydrogen (secondary N) is 1. The molecule has 0 bridgehead atoms. The number of hydrogen-bond donors (Lipinski definition) is 1. The molecule has 2 atom stereocenters. The van der Waals surface area contributed by atoms with Crippen LogP contribution in [0.1, 0.15) is 37.3 Å². The number of sulfone groups is 1. The molecule has 0 radical (unpaired) electrons. The van der Waals surface area contributed by atoms with Crippen LogP contribution in [0.4, 0.5) is 0 Å². The van der Waals surface area contributed by atoms with Gasteiger partial charge < -0.3 is 4.74 Å².